The molecule has 0 radical (unpaired) electrons. The van der Waals surface area contributed by atoms with Gasteiger partial charge < -0.3 is 5.73 Å². The number of alkyl halides is 2. The molecule has 1 aromatic rings. The summed E-state index contributed by atoms with van der Waals surface area (Å²) in [7, 11) is 0. The Bertz CT molecular complexity index is 383. The highest BCUT2D eigenvalue weighted by Crippen LogP contribution is 2.28. The van der Waals surface area contributed by atoms with Crippen LogP contribution in [-0.2, 0) is 0 Å². The molecule has 0 unspecified atom stereocenters. The number of carbonyl (C=O) groups excluding carboxylic acids is 1. The predicted octanol–water partition coefficient (Wildman–Crippen LogP) is 1.91. The minimum Gasteiger partial charge on any atom is -0.366 e. The smallest absolute Gasteiger partial charge is 0.269 e. The van der Waals surface area contributed by atoms with Crippen LogP contribution in [-0.4, -0.2) is 10.9 Å². The average molecular weight is 225 g/mol. The molecule has 0 aliphatic carbocycles. The zero-order valence-electron chi connectivity index (χ0n) is 6.60. The molecule has 1 amide bonds. The molecule has 1 heterocycles. The Labute approximate surface area is 81.7 Å². The molecule has 0 saturated heterocycles. The molecular weight excluding hydrogens is 221 g/mol. The summed E-state index contributed by atoms with van der Waals surface area (Å²) in [6.45, 7) is 0. The molecular formula is C7H4ClF3N2O. The number of aromatic nitrogens is 1. The minimum absolute atomic E-state index is 0.394. The summed E-state index contributed by atoms with van der Waals surface area (Å²) in [6, 6.07) is 0. The predicted molar refractivity (Wildman–Crippen MR) is 42.7 cm³/mol. The molecule has 0 aliphatic rings. The van der Waals surface area contributed by atoms with Crippen molar-refractivity contribution in [3.8, 4) is 0 Å². The second kappa shape index (κ2) is 3.83. The van der Waals surface area contributed by atoms with Gasteiger partial charge in [-0.05, 0) is 0 Å². The summed E-state index contributed by atoms with van der Waals surface area (Å²) >= 11 is 5.38. The number of nitrogens with two attached hydrogens (primary N) is 1. The Morgan fingerprint density at radius 1 is 1.57 bits per heavy atom. The Balaban J connectivity index is 3.50. The van der Waals surface area contributed by atoms with Gasteiger partial charge in [-0.3, -0.25) is 4.79 Å². The number of nitrogens with zero attached hydrogens (tertiary/aromatic N) is 1. The second-order valence-corrected chi connectivity index (χ2v) is 2.76. The lowest BCUT2D eigenvalue weighted by atomic mass is 10.1. The summed E-state index contributed by atoms with van der Waals surface area (Å²) in [4.78, 5) is 13.7. The summed E-state index contributed by atoms with van der Waals surface area (Å²) in [5.74, 6) is -2.66. The van der Waals surface area contributed by atoms with E-state index in [0.29, 0.717) is 0 Å². The Morgan fingerprint density at radius 2 is 2.14 bits per heavy atom. The SMILES string of the molecule is NC(=O)c1c(Cl)cnc(F)c1C(F)F. The first kappa shape index (κ1) is 10.8. The van der Waals surface area contributed by atoms with Crippen molar-refractivity contribution in [1.82, 2.24) is 4.98 Å². The van der Waals surface area contributed by atoms with E-state index in [1.54, 1.807) is 0 Å². The molecule has 0 aliphatic heterocycles. The summed E-state index contributed by atoms with van der Waals surface area (Å²) in [6.07, 6.45) is -2.44. The number of hydrogen-bond acceptors (Lipinski definition) is 2. The highest BCUT2D eigenvalue weighted by atomic mass is 35.5. The molecule has 0 aromatic carbocycles. The maximum atomic E-state index is 12.8. The van der Waals surface area contributed by atoms with E-state index in [1.807, 2.05) is 0 Å². The van der Waals surface area contributed by atoms with Crippen molar-refractivity contribution in [2.24, 2.45) is 5.73 Å². The highest BCUT2D eigenvalue weighted by Gasteiger charge is 2.25. The number of amides is 1. The Morgan fingerprint density at radius 3 is 2.50 bits per heavy atom. The number of pyridine rings is 1. The standard InChI is InChI=1S/C7H4ClF3N2O/c8-2-1-13-6(11)4(5(9)10)3(2)7(12)14/h1,5H,(H2,12,14). The van der Waals surface area contributed by atoms with Crippen LogP contribution in [0, 0.1) is 5.95 Å². The van der Waals surface area contributed by atoms with Crippen molar-refractivity contribution in [2.75, 3.05) is 0 Å². The van der Waals surface area contributed by atoms with Gasteiger partial charge in [-0.25, -0.2) is 13.8 Å². The lowest BCUT2D eigenvalue weighted by molar-refractivity contribution is 0.0982. The minimum atomic E-state index is -3.19. The number of primary amides is 1. The zero-order chi connectivity index (χ0) is 10.9. The molecule has 2 N–H and O–H groups in total. The van der Waals surface area contributed by atoms with Crippen molar-refractivity contribution in [3.63, 3.8) is 0 Å². The van der Waals surface area contributed by atoms with Gasteiger partial charge in [0.2, 0.25) is 5.95 Å². The topological polar surface area (TPSA) is 56.0 Å². The third-order valence-corrected chi connectivity index (χ3v) is 1.77. The van der Waals surface area contributed by atoms with Gasteiger partial charge in [0, 0.05) is 6.20 Å². The number of halogens is 4. The summed E-state index contributed by atoms with van der Waals surface area (Å²) in [5, 5.41) is -0.394. The third kappa shape index (κ3) is 1.79. The molecule has 0 atom stereocenters. The zero-order valence-corrected chi connectivity index (χ0v) is 7.36. The van der Waals surface area contributed by atoms with Gasteiger partial charge in [0.05, 0.1) is 16.1 Å². The van der Waals surface area contributed by atoms with Gasteiger partial charge in [-0.2, -0.15) is 4.39 Å². The number of hydrogen-bond donors (Lipinski definition) is 1. The molecule has 7 heteroatoms. The van der Waals surface area contributed by atoms with Crippen LogP contribution in [0.25, 0.3) is 0 Å². The second-order valence-electron chi connectivity index (χ2n) is 2.35. The molecule has 0 bridgehead atoms. The van der Waals surface area contributed by atoms with Crippen LogP contribution < -0.4 is 5.73 Å². The lowest BCUT2D eigenvalue weighted by Crippen LogP contribution is -2.16. The van der Waals surface area contributed by atoms with Crippen LogP contribution in [0.2, 0.25) is 5.02 Å². The first-order valence-electron chi connectivity index (χ1n) is 3.37. The van der Waals surface area contributed by atoms with Crippen LogP contribution >= 0.6 is 11.6 Å². The molecule has 3 nitrogen and oxygen atoms in total. The van der Waals surface area contributed by atoms with E-state index in [1.165, 1.54) is 0 Å². The number of carbonyl (C=O) groups is 1. The fraction of sp³-hybridized carbons (Fsp3) is 0.143. The maximum absolute atomic E-state index is 12.8. The molecule has 14 heavy (non-hydrogen) atoms. The van der Waals surface area contributed by atoms with Crippen LogP contribution in [0.5, 0.6) is 0 Å². The van der Waals surface area contributed by atoms with Gasteiger partial charge >= 0.3 is 0 Å². The third-order valence-electron chi connectivity index (χ3n) is 1.49. The fourth-order valence-electron chi connectivity index (χ4n) is 0.929. The largest absolute Gasteiger partial charge is 0.366 e. The highest BCUT2D eigenvalue weighted by molar-refractivity contribution is 6.33. The first-order chi connectivity index (χ1) is 6.45. The maximum Gasteiger partial charge on any atom is 0.269 e. The molecule has 1 rings (SSSR count). The van der Waals surface area contributed by atoms with E-state index in [2.05, 4.69) is 4.98 Å². The van der Waals surface area contributed by atoms with Gasteiger partial charge in [-0.15, -0.1) is 0 Å². The van der Waals surface area contributed by atoms with Crippen LogP contribution in [0.15, 0.2) is 6.20 Å². The molecule has 0 saturated carbocycles. The average Bonchev–Trinajstić information content (AvgIpc) is 2.07. The van der Waals surface area contributed by atoms with E-state index in [-0.39, 0.29) is 0 Å². The Hall–Kier alpha value is -1.30. The van der Waals surface area contributed by atoms with E-state index >= 15 is 0 Å². The van der Waals surface area contributed by atoms with Crippen molar-refractivity contribution in [3.05, 3.63) is 28.3 Å². The Kier molecular flexibility index (Phi) is 2.95. The van der Waals surface area contributed by atoms with Gasteiger partial charge in [0.15, 0.2) is 0 Å². The van der Waals surface area contributed by atoms with E-state index in [9.17, 15) is 18.0 Å². The van der Waals surface area contributed by atoms with Crippen molar-refractivity contribution in [1.29, 1.82) is 0 Å². The summed E-state index contributed by atoms with van der Waals surface area (Å²) in [5.41, 5.74) is 2.88. The van der Waals surface area contributed by atoms with Crippen molar-refractivity contribution >= 4 is 17.5 Å². The van der Waals surface area contributed by atoms with Crippen LogP contribution in [0.1, 0.15) is 22.3 Å². The van der Waals surface area contributed by atoms with E-state index < -0.39 is 34.4 Å². The van der Waals surface area contributed by atoms with E-state index in [0.717, 1.165) is 6.20 Å². The normalized spacial score (nSPS) is 10.6. The van der Waals surface area contributed by atoms with Crippen LogP contribution in [0.4, 0.5) is 13.2 Å². The van der Waals surface area contributed by atoms with Gasteiger partial charge in [0.1, 0.15) is 0 Å². The quantitative estimate of drug-likeness (QED) is 0.780. The first-order valence-corrected chi connectivity index (χ1v) is 3.74. The van der Waals surface area contributed by atoms with Crippen molar-refractivity contribution < 1.29 is 18.0 Å². The molecule has 1 aromatic heterocycles. The monoisotopic (exact) mass is 224 g/mol. The number of rotatable bonds is 2. The molecule has 0 spiro atoms. The summed E-state index contributed by atoms with van der Waals surface area (Å²) < 4.78 is 37.3. The molecule has 76 valence electrons. The van der Waals surface area contributed by atoms with Crippen molar-refractivity contribution in [2.45, 2.75) is 6.43 Å². The van der Waals surface area contributed by atoms with Gasteiger partial charge in [-0.1, -0.05) is 11.6 Å². The molecule has 0 fully saturated rings. The van der Waals surface area contributed by atoms with Gasteiger partial charge in [0.25, 0.3) is 12.3 Å². The van der Waals surface area contributed by atoms with Crippen LogP contribution in [0.3, 0.4) is 0 Å². The fourth-order valence-corrected chi connectivity index (χ4v) is 1.17. The lowest BCUT2D eigenvalue weighted by Gasteiger charge is -2.07. The van der Waals surface area contributed by atoms with E-state index in [4.69, 9.17) is 17.3 Å².